The van der Waals surface area contributed by atoms with Crippen molar-refractivity contribution >= 4 is 34.7 Å². The van der Waals surface area contributed by atoms with Crippen molar-refractivity contribution in [3.05, 3.63) is 95.8 Å². The third kappa shape index (κ3) is 5.83. The summed E-state index contributed by atoms with van der Waals surface area (Å²) in [5.41, 5.74) is 2.99. The molecule has 0 aliphatic carbocycles. The number of carbonyl (C=O) groups is 1. The zero-order chi connectivity index (χ0) is 21.5. The molecule has 0 radical (unpaired) electrons. The fourth-order valence-electron chi connectivity index (χ4n) is 2.88. The predicted octanol–water partition coefficient (Wildman–Crippen LogP) is 6.42. The van der Waals surface area contributed by atoms with Gasteiger partial charge in [-0.3, -0.25) is 4.79 Å². The third-order valence-electron chi connectivity index (χ3n) is 4.49. The van der Waals surface area contributed by atoms with E-state index in [1.165, 1.54) is 18.2 Å². The van der Waals surface area contributed by atoms with E-state index in [-0.39, 0.29) is 11.6 Å². The minimum absolute atomic E-state index is 0.120. The van der Waals surface area contributed by atoms with Crippen LogP contribution in [0.3, 0.4) is 0 Å². The van der Waals surface area contributed by atoms with Crippen LogP contribution in [-0.2, 0) is 0 Å². The smallest absolute Gasteiger partial charge is 0.256 e. The van der Waals surface area contributed by atoms with E-state index in [1.807, 2.05) is 24.3 Å². The minimum Gasteiger partial charge on any atom is -0.494 e. The first kappa shape index (κ1) is 20.9. The van der Waals surface area contributed by atoms with Gasteiger partial charge in [-0.05, 0) is 66.6 Å². The van der Waals surface area contributed by atoms with Crippen LogP contribution in [0, 0.1) is 5.82 Å². The van der Waals surface area contributed by atoms with Crippen LogP contribution in [0.5, 0.6) is 5.75 Å². The van der Waals surface area contributed by atoms with Crippen LogP contribution in [0.1, 0.15) is 22.3 Å². The van der Waals surface area contributed by atoms with Crippen LogP contribution in [0.25, 0.3) is 17.2 Å². The molecule has 0 fully saturated rings. The molecule has 0 unspecified atom stereocenters. The van der Waals surface area contributed by atoms with Crippen LogP contribution in [0.4, 0.5) is 4.39 Å². The Kier molecular flexibility index (Phi) is 6.79. The van der Waals surface area contributed by atoms with Crippen LogP contribution < -0.4 is 4.74 Å². The number of oxazole rings is 1. The number of halogens is 1. The molecule has 0 saturated carbocycles. The van der Waals surface area contributed by atoms with Crippen LogP contribution in [0.2, 0.25) is 0 Å². The fourth-order valence-corrected chi connectivity index (χ4v) is 3.63. The molecule has 0 aliphatic rings. The Morgan fingerprint density at radius 2 is 1.81 bits per heavy atom. The molecule has 6 heteroatoms. The van der Waals surface area contributed by atoms with Gasteiger partial charge in [-0.15, -0.1) is 0 Å². The van der Waals surface area contributed by atoms with Gasteiger partial charge in [0.15, 0.2) is 11.4 Å². The number of benzene rings is 3. The molecule has 156 valence electrons. The highest BCUT2D eigenvalue weighted by atomic mass is 32.2. The standard InChI is InChI=1S/C25H20FNO3S/c26-20-11-6-18(7-12-20)8-15-23(28)19-9-13-21(14-10-19)29-16-3-17-31-25-27-22-4-1-2-5-24(22)30-25/h1-2,4-15H,3,16-17H2/b15-8+. The number of para-hydroxylation sites is 2. The van der Waals surface area contributed by atoms with E-state index in [2.05, 4.69) is 4.98 Å². The van der Waals surface area contributed by atoms with E-state index in [4.69, 9.17) is 9.15 Å². The second-order valence-electron chi connectivity index (χ2n) is 6.77. The molecule has 0 amide bonds. The summed E-state index contributed by atoms with van der Waals surface area (Å²) in [4.78, 5) is 16.7. The fraction of sp³-hybridized carbons (Fsp3) is 0.120. The maximum absolute atomic E-state index is 12.9. The Hall–Kier alpha value is -3.38. The van der Waals surface area contributed by atoms with E-state index in [0.29, 0.717) is 23.1 Å². The van der Waals surface area contributed by atoms with E-state index < -0.39 is 0 Å². The first-order valence-electron chi connectivity index (χ1n) is 9.86. The van der Waals surface area contributed by atoms with Gasteiger partial charge >= 0.3 is 0 Å². The zero-order valence-corrected chi connectivity index (χ0v) is 17.5. The monoisotopic (exact) mass is 433 g/mol. The highest BCUT2D eigenvalue weighted by Crippen LogP contribution is 2.23. The quantitative estimate of drug-likeness (QED) is 0.132. The Morgan fingerprint density at radius 1 is 1.03 bits per heavy atom. The summed E-state index contributed by atoms with van der Waals surface area (Å²) in [7, 11) is 0. The van der Waals surface area contributed by atoms with Gasteiger partial charge in [0.05, 0.1) is 6.61 Å². The average Bonchev–Trinajstić information content (AvgIpc) is 3.21. The Labute approximate surface area is 183 Å². The molecule has 1 aromatic heterocycles. The number of allylic oxidation sites excluding steroid dienone is 1. The summed E-state index contributed by atoms with van der Waals surface area (Å²) in [5.74, 6) is 1.12. The number of hydrogen-bond acceptors (Lipinski definition) is 5. The number of fused-ring (bicyclic) bond motifs is 1. The summed E-state index contributed by atoms with van der Waals surface area (Å²) in [6.07, 6.45) is 3.98. The van der Waals surface area contributed by atoms with Crippen molar-refractivity contribution in [1.29, 1.82) is 0 Å². The molecule has 0 spiro atoms. The van der Waals surface area contributed by atoms with Crippen molar-refractivity contribution < 1.29 is 18.3 Å². The van der Waals surface area contributed by atoms with Gasteiger partial charge in [0.1, 0.15) is 17.1 Å². The van der Waals surface area contributed by atoms with Crippen LogP contribution in [-0.4, -0.2) is 23.1 Å². The zero-order valence-electron chi connectivity index (χ0n) is 16.7. The van der Waals surface area contributed by atoms with Crippen molar-refractivity contribution in [1.82, 2.24) is 4.98 Å². The lowest BCUT2D eigenvalue weighted by molar-refractivity contribution is 0.104. The number of thioether (sulfide) groups is 1. The molecule has 31 heavy (non-hydrogen) atoms. The Balaban J connectivity index is 1.21. The maximum atomic E-state index is 12.9. The lowest BCUT2D eigenvalue weighted by atomic mass is 10.1. The van der Waals surface area contributed by atoms with E-state index in [1.54, 1.807) is 54.2 Å². The maximum Gasteiger partial charge on any atom is 0.256 e. The number of ketones is 1. The van der Waals surface area contributed by atoms with E-state index >= 15 is 0 Å². The summed E-state index contributed by atoms with van der Waals surface area (Å²) in [5, 5.41) is 0.665. The number of rotatable bonds is 9. The molecule has 0 bridgehead atoms. The van der Waals surface area contributed by atoms with E-state index in [9.17, 15) is 9.18 Å². The minimum atomic E-state index is -0.302. The van der Waals surface area contributed by atoms with Gasteiger partial charge in [0, 0.05) is 11.3 Å². The summed E-state index contributed by atoms with van der Waals surface area (Å²) >= 11 is 1.56. The molecule has 3 aromatic carbocycles. The number of hydrogen-bond donors (Lipinski definition) is 0. The van der Waals surface area contributed by atoms with Gasteiger partial charge in [-0.2, -0.15) is 0 Å². The number of carbonyl (C=O) groups excluding carboxylic acids is 1. The molecule has 0 saturated heterocycles. The van der Waals surface area contributed by atoms with Gasteiger partial charge < -0.3 is 9.15 Å². The topological polar surface area (TPSA) is 52.3 Å². The van der Waals surface area contributed by atoms with E-state index in [0.717, 1.165) is 28.8 Å². The average molecular weight is 434 g/mol. The molecule has 4 aromatic rings. The van der Waals surface area contributed by atoms with Crippen molar-refractivity contribution in [3.8, 4) is 5.75 Å². The molecule has 4 nitrogen and oxygen atoms in total. The molecule has 0 aliphatic heterocycles. The van der Waals surface area contributed by atoms with Crippen molar-refractivity contribution in [2.75, 3.05) is 12.4 Å². The second-order valence-corrected chi connectivity index (χ2v) is 7.82. The van der Waals surface area contributed by atoms with Crippen molar-refractivity contribution in [2.45, 2.75) is 11.6 Å². The lowest BCUT2D eigenvalue weighted by Crippen LogP contribution is -2.00. The molecule has 1 heterocycles. The Morgan fingerprint density at radius 3 is 2.58 bits per heavy atom. The summed E-state index contributed by atoms with van der Waals surface area (Å²) in [6.45, 7) is 0.561. The highest BCUT2D eigenvalue weighted by molar-refractivity contribution is 7.99. The predicted molar refractivity (Wildman–Crippen MR) is 121 cm³/mol. The lowest BCUT2D eigenvalue weighted by Gasteiger charge is -2.06. The molecular weight excluding hydrogens is 413 g/mol. The highest BCUT2D eigenvalue weighted by Gasteiger charge is 2.06. The van der Waals surface area contributed by atoms with Crippen LogP contribution >= 0.6 is 11.8 Å². The Bertz CT molecular complexity index is 1150. The number of nitrogens with zero attached hydrogens (tertiary/aromatic N) is 1. The second kappa shape index (κ2) is 10.1. The number of ether oxygens (including phenoxy) is 1. The molecule has 0 N–H and O–H groups in total. The molecular formula is C25H20FNO3S. The molecule has 4 rings (SSSR count). The van der Waals surface area contributed by atoms with Gasteiger partial charge in [-0.1, -0.05) is 42.1 Å². The number of aromatic nitrogens is 1. The first-order chi connectivity index (χ1) is 15.2. The van der Waals surface area contributed by atoms with Gasteiger partial charge in [0.2, 0.25) is 0 Å². The summed E-state index contributed by atoms with van der Waals surface area (Å²) in [6, 6.07) is 20.7. The van der Waals surface area contributed by atoms with Crippen molar-refractivity contribution in [2.24, 2.45) is 0 Å². The van der Waals surface area contributed by atoms with Crippen molar-refractivity contribution in [3.63, 3.8) is 0 Å². The van der Waals surface area contributed by atoms with Gasteiger partial charge in [0.25, 0.3) is 5.22 Å². The summed E-state index contributed by atoms with van der Waals surface area (Å²) < 4.78 is 24.4. The SMILES string of the molecule is O=C(/C=C/c1ccc(F)cc1)c1ccc(OCCCSc2nc3ccccc3o2)cc1. The van der Waals surface area contributed by atoms with Crippen LogP contribution in [0.15, 0.2) is 88.5 Å². The van der Waals surface area contributed by atoms with Gasteiger partial charge in [-0.25, -0.2) is 9.37 Å². The largest absolute Gasteiger partial charge is 0.494 e. The molecule has 0 atom stereocenters. The third-order valence-corrected chi connectivity index (χ3v) is 5.41. The normalized spacial score (nSPS) is 11.3. The first-order valence-corrected chi connectivity index (χ1v) is 10.9.